The van der Waals surface area contributed by atoms with Crippen LogP contribution >= 0.6 is 0 Å². The second-order valence-electron chi connectivity index (χ2n) is 6.39. The van der Waals surface area contributed by atoms with Gasteiger partial charge in [0.15, 0.2) is 11.5 Å². The van der Waals surface area contributed by atoms with E-state index in [0.29, 0.717) is 23.0 Å². The van der Waals surface area contributed by atoms with E-state index in [1.165, 1.54) is 12.2 Å². The Morgan fingerprint density at radius 3 is 1.47 bits per heavy atom. The average Bonchev–Trinajstić information content (AvgIpc) is 3.54. The van der Waals surface area contributed by atoms with Gasteiger partial charge < -0.3 is 13.4 Å². The smallest absolute Gasteiger partial charge is 0.151 e. The van der Waals surface area contributed by atoms with Crippen molar-refractivity contribution in [2.75, 3.05) is 0 Å². The molecule has 3 heterocycles. The summed E-state index contributed by atoms with van der Waals surface area (Å²) in [5.74, 6) is 2.48. The van der Waals surface area contributed by atoms with Crippen LogP contribution in [0.4, 0.5) is 0 Å². The van der Waals surface area contributed by atoms with Crippen molar-refractivity contribution in [1.82, 2.24) is 4.57 Å². The Morgan fingerprint density at radius 1 is 0.688 bits per heavy atom. The minimum absolute atomic E-state index is 0.0133. The van der Waals surface area contributed by atoms with Crippen molar-refractivity contribution in [3.63, 3.8) is 0 Å². The lowest BCUT2D eigenvalue weighted by Gasteiger charge is -2.04. The van der Waals surface area contributed by atoms with Gasteiger partial charge in [-0.1, -0.05) is 12.2 Å². The van der Waals surface area contributed by atoms with E-state index >= 15 is 0 Å². The number of rotatable bonds is 6. The molecule has 0 spiro atoms. The van der Waals surface area contributed by atoms with Gasteiger partial charge in [-0.3, -0.25) is 0 Å². The molecule has 7 heteroatoms. The van der Waals surface area contributed by atoms with Gasteiger partial charge in [-0.2, -0.15) is 21.0 Å². The van der Waals surface area contributed by atoms with Gasteiger partial charge in [-0.25, -0.2) is 0 Å². The van der Waals surface area contributed by atoms with Crippen LogP contribution in [0.1, 0.15) is 11.5 Å². The molecule has 0 aromatic carbocycles. The zero-order valence-electron chi connectivity index (χ0n) is 17.0. The Balaban J connectivity index is 1.79. The molecule has 3 aromatic rings. The number of hydrogen-bond acceptors (Lipinski definition) is 6. The molecule has 0 unspecified atom stereocenters. The second-order valence-corrected chi connectivity index (χ2v) is 6.39. The topological polar surface area (TPSA) is 126 Å². The first-order valence-corrected chi connectivity index (χ1v) is 9.33. The Kier molecular flexibility index (Phi) is 6.70. The SMILES string of the molecule is Cn1c(-c2ccc(/C=C/C=C(C#N)C#N)o2)ccc1-c1ccc(/C=C/C=C(C#N)C#N)o1. The standard InChI is InChI=1S/C25H15N5O2/c1-30-22(24-12-8-20(31-24)6-2-4-18(14-26)15-27)10-11-23(30)25-13-9-21(32-25)7-3-5-19(16-28)17-29/h2-13H,1H3/b6-2+,7-3+. The van der Waals surface area contributed by atoms with Crippen LogP contribution in [0.25, 0.3) is 35.1 Å². The number of hydrogen-bond donors (Lipinski definition) is 0. The summed E-state index contributed by atoms with van der Waals surface area (Å²) in [5.41, 5.74) is 1.71. The average molecular weight is 417 g/mol. The molecule has 0 aliphatic carbocycles. The third-order valence-corrected chi connectivity index (χ3v) is 4.41. The summed E-state index contributed by atoms with van der Waals surface area (Å²) in [7, 11) is 1.89. The first kappa shape index (κ1) is 21.5. The molecule has 0 radical (unpaired) electrons. The molecular weight excluding hydrogens is 402 g/mol. The van der Waals surface area contributed by atoms with E-state index in [4.69, 9.17) is 29.9 Å². The molecule has 0 aliphatic rings. The van der Waals surface area contributed by atoms with E-state index in [9.17, 15) is 0 Å². The lowest BCUT2D eigenvalue weighted by molar-refractivity contribution is 0.561. The van der Waals surface area contributed by atoms with E-state index in [1.807, 2.05) is 35.9 Å². The third kappa shape index (κ3) is 4.84. The van der Waals surface area contributed by atoms with E-state index in [0.717, 1.165) is 11.4 Å². The molecule has 0 aliphatic heterocycles. The number of aromatic nitrogens is 1. The number of furan rings is 2. The summed E-state index contributed by atoms with van der Waals surface area (Å²) in [6.07, 6.45) is 9.36. The minimum atomic E-state index is 0.0133. The molecule has 0 fully saturated rings. The largest absolute Gasteiger partial charge is 0.455 e. The van der Waals surface area contributed by atoms with Crippen LogP contribution in [0.2, 0.25) is 0 Å². The van der Waals surface area contributed by atoms with Gasteiger partial charge in [0.2, 0.25) is 0 Å². The maximum atomic E-state index is 8.75. The van der Waals surface area contributed by atoms with Gasteiger partial charge in [0.1, 0.15) is 46.9 Å². The molecule has 0 saturated heterocycles. The zero-order chi connectivity index (χ0) is 22.9. The fourth-order valence-electron chi connectivity index (χ4n) is 2.84. The predicted octanol–water partition coefficient (Wildman–Crippen LogP) is 5.52. The highest BCUT2D eigenvalue weighted by Crippen LogP contribution is 2.30. The fraction of sp³-hybridized carbons (Fsp3) is 0.0400. The van der Waals surface area contributed by atoms with Crippen LogP contribution < -0.4 is 0 Å². The Hall–Kier alpha value is -5.24. The highest BCUT2D eigenvalue weighted by atomic mass is 16.3. The molecule has 32 heavy (non-hydrogen) atoms. The van der Waals surface area contributed by atoms with Crippen molar-refractivity contribution in [1.29, 1.82) is 21.0 Å². The van der Waals surface area contributed by atoms with Crippen LogP contribution in [-0.2, 0) is 7.05 Å². The molecular formula is C25H15N5O2. The summed E-state index contributed by atoms with van der Waals surface area (Å²) in [6.45, 7) is 0. The predicted molar refractivity (Wildman–Crippen MR) is 118 cm³/mol. The van der Waals surface area contributed by atoms with Crippen LogP contribution in [0.5, 0.6) is 0 Å². The summed E-state index contributed by atoms with van der Waals surface area (Å²) < 4.78 is 13.6. The maximum Gasteiger partial charge on any atom is 0.151 e. The van der Waals surface area contributed by atoms with Crippen LogP contribution in [-0.4, -0.2) is 4.57 Å². The normalized spacial score (nSPS) is 10.3. The molecule has 0 N–H and O–H groups in total. The van der Waals surface area contributed by atoms with Gasteiger partial charge in [0, 0.05) is 7.05 Å². The summed E-state index contributed by atoms with van der Waals surface area (Å²) in [6, 6.07) is 18.3. The van der Waals surface area contributed by atoms with Crippen molar-refractivity contribution in [3.8, 4) is 47.2 Å². The van der Waals surface area contributed by atoms with Gasteiger partial charge >= 0.3 is 0 Å². The van der Waals surface area contributed by atoms with Crippen molar-refractivity contribution in [2.45, 2.75) is 0 Å². The van der Waals surface area contributed by atoms with Crippen molar-refractivity contribution < 1.29 is 8.83 Å². The zero-order valence-corrected chi connectivity index (χ0v) is 17.0. The van der Waals surface area contributed by atoms with E-state index in [2.05, 4.69) is 0 Å². The molecule has 3 aromatic heterocycles. The lowest BCUT2D eigenvalue weighted by Crippen LogP contribution is -1.92. The molecule has 0 saturated carbocycles. The van der Waals surface area contributed by atoms with Gasteiger partial charge in [-0.05, 0) is 60.7 Å². The number of nitrogens with zero attached hydrogens (tertiary/aromatic N) is 5. The van der Waals surface area contributed by atoms with Crippen molar-refractivity contribution >= 4 is 12.2 Å². The highest BCUT2D eigenvalue weighted by Gasteiger charge is 2.14. The molecule has 152 valence electrons. The van der Waals surface area contributed by atoms with Crippen LogP contribution in [0.15, 0.2) is 80.7 Å². The summed E-state index contributed by atoms with van der Waals surface area (Å²) >= 11 is 0. The second kappa shape index (κ2) is 9.99. The Labute approximate surface area is 184 Å². The van der Waals surface area contributed by atoms with Crippen molar-refractivity contribution in [3.05, 3.63) is 83.4 Å². The summed E-state index contributed by atoms with van der Waals surface area (Å²) in [4.78, 5) is 0. The highest BCUT2D eigenvalue weighted by molar-refractivity contribution is 5.66. The van der Waals surface area contributed by atoms with E-state index in [1.54, 1.807) is 60.7 Å². The number of nitriles is 4. The molecule has 0 atom stereocenters. The van der Waals surface area contributed by atoms with E-state index < -0.39 is 0 Å². The first-order chi connectivity index (χ1) is 15.6. The molecule has 7 nitrogen and oxygen atoms in total. The monoisotopic (exact) mass is 417 g/mol. The first-order valence-electron chi connectivity index (χ1n) is 9.33. The third-order valence-electron chi connectivity index (χ3n) is 4.41. The Morgan fingerprint density at radius 2 is 1.09 bits per heavy atom. The molecule has 0 amide bonds. The maximum absolute atomic E-state index is 8.75. The van der Waals surface area contributed by atoms with Gasteiger partial charge in [-0.15, -0.1) is 0 Å². The van der Waals surface area contributed by atoms with Gasteiger partial charge in [0.05, 0.1) is 11.4 Å². The molecule has 0 bridgehead atoms. The lowest BCUT2D eigenvalue weighted by atomic mass is 10.3. The van der Waals surface area contributed by atoms with Crippen molar-refractivity contribution in [2.24, 2.45) is 7.05 Å². The quantitative estimate of drug-likeness (QED) is 0.384. The van der Waals surface area contributed by atoms with Gasteiger partial charge in [0.25, 0.3) is 0 Å². The Bertz CT molecular complexity index is 1290. The summed E-state index contributed by atoms with van der Waals surface area (Å²) in [5, 5.41) is 35.0. The fourth-order valence-corrected chi connectivity index (χ4v) is 2.84. The van der Waals surface area contributed by atoms with Crippen LogP contribution in [0, 0.1) is 45.3 Å². The van der Waals surface area contributed by atoms with Crippen LogP contribution in [0.3, 0.4) is 0 Å². The molecule has 3 rings (SSSR count). The number of allylic oxidation sites excluding steroid dienone is 6. The van der Waals surface area contributed by atoms with E-state index in [-0.39, 0.29) is 11.1 Å². The minimum Gasteiger partial charge on any atom is -0.455 e.